The van der Waals surface area contributed by atoms with E-state index in [0.717, 1.165) is 11.3 Å². The van der Waals surface area contributed by atoms with Crippen molar-refractivity contribution in [3.8, 4) is 11.5 Å². The molecule has 0 aromatic heterocycles. The van der Waals surface area contributed by atoms with Crippen molar-refractivity contribution in [2.45, 2.75) is 12.5 Å². The quantitative estimate of drug-likeness (QED) is 0.943. The maximum atomic E-state index is 14.1. The molecule has 110 valence electrons. The molecule has 0 bridgehead atoms. The molecule has 0 amide bonds. The number of halogens is 1. The summed E-state index contributed by atoms with van der Waals surface area (Å²) in [5.41, 5.74) is 1.32. The summed E-state index contributed by atoms with van der Waals surface area (Å²) in [5, 5.41) is 10.5. The van der Waals surface area contributed by atoms with Crippen molar-refractivity contribution in [1.29, 1.82) is 0 Å². The SMILES string of the molecule is COc1ccc(C(O)C2COc3ccccc3C2)c(F)c1. The molecule has 4 heteroatoms. The van der Waals surface area contributed by atoms with Gasteiger partial charge in [0.25, 0.3) is 0 Å². The monoisotopic (exact) mass is 288 g/mol. The second kappa shape index (κ2) is 5.74. The van der Waals surface area contributed by atoms with Crippen LogP contribution in [-0.4, -0.2) is 18.8 Å². The van der Waals surface area contributed by atoms with Gasteiger partial charge in [0, 0.05) is 17.5 Å². The number of methoxy groups -OCH3 is 1. The third-order valence-corrected chi connectivity index (χ3v) is 3.88. The Balaban J connectivity index is 1.82. The van der Waals surface area contributed by atoms with Gasteiger partial charge in [-0.1, -0.05) is 18.2 Å². The van der Waals surface area contributed by atoms with Crippen molar-refractivity contribution in [2.75, 3.05) is 13.7 Å². The number of para-hydroxylation sites is 1. The van der Waals surface area contributed by atoms with Crippen molar-refractivity contribution in [3.05, 3.63) is 59.4 Å². The number of ether oxygens (including phenoxy) is 2. The zero-order valence-corrected chi connectivity index (χ0v) is 11.8. The fraction of sp³-hybridized carbons (Fsp3) is 0.294. The molecule has 1 aliphatic heterocycles. The molecule has 0 fully saturated rings. The van der Waals surface area contributed by atoms with Crippen LogP contribution in [0.25, 0.3) is 0 Å². The first-order valence-corrected chi connectivity index (χ1v) is 6.91. The highest BCUT2D eigenvalue weighted by Gasteiger charge is 2.28. The highest BCUT2D eigenvalue weighted by molar-refractivity contribution is 5.36. The maximum absolute atomic E-state index is 14.1. The smallest absolute Gasteiger partial charge is 0.132 e. The van der Waals surface area contributed by atoms with Crippen LogP contribution >= 0.6 is 0 Å². The van der Waals surface area contributed by atoms with Crippen LogP contribution in [0.2, 0.25) is 0 Å². The molecule has 3 nitrogen and oxygen atoms in total. The second-order valence-corrected chi connectivity index (χ2v) is 5.22. The van der Waals surface area contributed by atoms with Crippen molar-refractivity contribution >= 4 is 0 Å². The molecular weight excluding hydrogens is 271 g/mol. The highest BCUT2D eigenvalue weighted by Crippen LogP contribution is 2.34. The molecule has 0 aliphatic carbocycles. The number of aliphatic hydroxyl groups is 1. The molecule has 1 heterocycles. The number of aliphatic hydroxyl groups excluding tert-OH is 1. The van der Waals surface area contributed by atoms with Crippen LogP contribution in [0, 0.1) is 11.7 Å². The van der Waals surface area contributed by atoms with Crippen LogP contribution in [0.15, 0.2) is 42.5 Å². The molecule has 0 saturated carbocycles. The Morgan fingerprint density at radius 2 is 2.10 bits per heavy atom. The Morgan fingerprint density at radius 1 is 1.29 bits per heavy atom. The lowest BCUT2D eigenvalue weighted by molar-refractivity contribution is 0.0618. The topological polar surface area (TPSA) is 38.7 Å². The minimum absolute atomic E-state index is 0.164. The number of hydrogen-bond donors (Lipinski definition) is 1. The van der Waals surface area contributed by atoms with Gasteiger partial charge in [-0.25, -0.2) is 4.39 Å². The Hall–Kier alpha value is -2.07. The molecule has 1 aliphatic rings. The lowest BCUT2D eigenvalue weighted by atomic mass is 9.88. The third-order valence-electron chi connectivity index (χ3n) is 3.88. The van der Waals surface area contributed by atoms with E-state index in [1.54, 1.807) is 12.1 Å². The van der Waals surface area contributed by atoms with E-state index in [1.807, 2.05) is 24.3 Å². The fourth-order valence-electron chi connectivity index (χ4n) is 2.68. The summed E-state index contributed by atoms with van der Waals surface area (Å²) in [6, 6.07) is 12.2. The zero-order chi connectivity index (χ0) is 14.8. The van der Waals surface area contributed by atoms with Gasteiger partial charge in [0.2, 0.25) is 0 Å². The number of fused-ring (bicyclic) bond motifs is 1. The van der Waals surface area contributed by atoms with Crippen LogP contribution in [0.1, 0.15) is 17.2 Å². The lowest BCUT2D eigenvalue weighted by Crippen LogP contribution is -2.27. The van der Waals surface area contributed by atoms with E-state index in [1.165, 1.54) is 13.2 Å². The minimum atomic E-state index is -0.899. The van der Waals surface area contributed by atoms with Gasteiger partial charge in [-0.15, -0.1) is 0 Å². The van der Waals surface area contributed by atoms with Gasteiger partial charge in [0.1, 0.15) is 17.3 Å². The molecule has 2 aromatic rings. The number of benzene rings is 2. The molecule has 0 radical (unpaired) electrons. The Morgan fingerprint density at radius 3 is 2.86 bits per heavy atom. The normalized spacial score (nSPS) is 18.5. The van der Waals surface area contributed by atoms with Crippen LogP contribution in [0.4, 0.5) is 4.39 Å². The third kappa shape index (κ3) is 2.72. The summed E-state index contributed by atoms with van der Waals surface area (Å²) in [7, 11) is 1.48. The summed E-state index contributed by atoms with van der Waals surface area (Å²) >= 11 is 0. The molecule has 2 atom stereocenters. The fourth-order valence-corrected chi connectivity index (χ4v) is 2.68. The van der Waals surface area contributed by atoms with Crippen molar-refractivity contribution < 1.29 is 19.0 Å². The Kier molecular flexibility index (Phi) is 3.80. The molecule has 0 saturated heterocycles. The van der Waals surface area contributed by atoms with E-state index >= 15 is 0 Å². The summed E-state index contributed by atoms with van der Waals surface area (Å²) in [6.45, 7) is 0.379. The van der Waals surface area contributed by atoms with Crippen LogP contribution in [0.3, 0.4) is 0 Å². The first-order chi connectivity index (χ1) is 10.2. The molecule has 21 heavy (non-hydrogen) atoms. The lowest BCUT2D eigenvalue weighted by Gasteiger charge is -2.29. The first-order valence-electron chi connectivity index (χ1n) is 6.91. The summed E-state index contributed by atoms with van der Waals surface area (Å²) in [6.07, 6.45) is -0.229. The highest BCUT2D eigenvalue weighted by atomic mass is 19.1. The maximum Gasteiger partial charge on any atom is 0.132 e. The summed E-state index contributed by atoms with van der Waals surface area (Å²) < 4.78 is 24.7. The second-order valence-electron chi connectivity index (χ2n) is 5.22. The van der Waals surface area contributed by atoms with Crippen molar-refractivity contribution in [2.24, 2.45) is 5.92 Å². The van der Waals surface area contributed by atoms with Gasteiger partial charge in [0.15, 0.2) is 0 Å². The van der Waals surface area contributed by atoms with Crippen LogP contribution in [0.5, 0.6) is 11.5 Å². The van der Waals surface area contributed by atoms with E-state index in [9.17, 15) is 9.50 Å². The summed E-state index contributed by atoms with van der Waals surface area (Å²) in [5.74, 6) is 0.661. The van der Waals surface area contributed by atoms with Crippen molar-refractivity contribution in [1.82, 2.24) is 0 Å². The van der Waals surface area contributed by atoms with E-state index in [4.69, 9.17) is 9.47 Å². The minimum Gasteiger partial charge on any atom is -0.497 e. The van der Waals surface area contributed by atoms with Gasteiger partial charge in [-0.3, -0.25) is 0 Å². The number of hydrogen-bond acceptors (Lipinski definition) is 3. The van der Waals surface area contributed by atoms with Gasteiger partial charge in [0.05, 0.1) is 19.8 Å². The van der Waals surface area contributed by atoms with Crippen LogP contribution < -0.4 is 9.47 Å². The van der Waals surface area contributed by atoms with E-state index in [-0.39, 0.29) is 11.5 Å². The molecule has 3 rings (SSSR count). The molecule has 2 aromatic carbocycles. The van der Waals surface area contributed by atoms with E-state index in [0.29, 0.717) is 18.8 Å². The van der Waals surface area contributed by atoms with Gasteiger partial charge in [-0.05, 0) is 30.2 Å². The van der Waals surface area contributed by atoms with Crippen LogP contribution in [-0.2, 0) is 6.42 Å². The number of rotatable bonds is 3. The standard InChI is InChI=1S/C17H17FO3/c1-20-13-6-7-14(15(18)9-13)17(19)12-8-11-4-2-3-5-16(11)21-10-12/h2-7,9,12,17,19H,8,10H2,1H3. The molecule has 0 spiro atoms. The van der Waals surface area contributed by atoms with E-state index < -0.39 is 11.9 Å². The van der Waals surface area contributed by atoms with Gasteiger partial charge < -0.3 is 14.6 Å². The predicted molar refractivity (Wildman–Crippen MR) is 77.0 cm³/mol. The van der Waals surface area contributed by atoms with Crippen molar-refractivity contribution in [3.63, 3.8) is 0 Å². The van der Waals surface area contributed by atoms with E-state index in [2.05, 4.69) is 0 Å². The average molecular weight is 288 g/mol. The van der Waals surface area contributed by atoms with Gasteiger partial charge >= 0.3 is 0 Å². The summed E-state index contributed by atoms with van der Waals surface area (Å²) in [4.78, 5) is 0. The zero-order valence-electron chi connectivity index (χ0n) is 11.8. The molecule has 2 unspecified atom stereocenters. The first kappa shape index (κ1) is 13.9. The largest absolute Gasteiger partial charge is 0.497 e. The Bertz CT molecular complexity index is 642. The predicted octanol–water partition coefficient (Wildman–Crippen LogP) is 3.12. The molecular formula is C17H17FO3. The van der Waals surface area contributed by atoms with Gasteiger partial charge in [-0.2, -0.15) is 0 Å². The molecule has 1 N–H and O–H groups in total. The average Bonchev–Trinajstić information content (AvgIpc) is 2.53. The Labute approximate surface area is 122 Å².